The summed E-state index contributed by atoms with van der Waals surface area (Å²) in [5, 5.41) is 10.1. The topological polar surface area (TPSA) is 84.8 Å². The highest BCUT2D eigenvalue weighted by Gasteiger charge is 2.35. The highest BCUT2D eigenvalue weighted by Crippen LogP contribution is 2.39. The molecule has 0 saturated heterocycles. The number of esters is 1. The molecule has 1 atom stereocenters. The summed E-state index contributed by atoms with van der Waals surface area (Å²) in [7, 11) is 0. The normalized spacial score (nSPS) is 16.8. The Balaban J connectivity index is 1.97. The molecule has 1 aliphatic heterocycles. The van der Waals surface area contributed by atoms with Crippen LogP contribution in [0.3, 0.4) is 0 Å². The number of fused-ring (bicyclic) bond motifs is 3. The molecule has 1 unspecified atom stereocenters. The van der Waals surface area contributed by atoms with E-state index in [1.165, 1.54) is 0 Å². The quantitative estimate of drug-likeness (QED) is 0.724. The maximum Gasteiger partial charge on any atom is 0.338 e. The van der Waals surface area contributed by atoms with Crippen molar-refractivity contribution < 1.29 is 9.53 Å². The number of benzene rings is 1. The zero-order valence-corrected chi connectivity index (χ0v) is 13.4. The highest BCUT2D eigenvalue weighted by atomic mass is 16.5. The van der Waals surface area contributed by atoms with E-state index in [2.05, 4.69) is 20.5 Å². The standard InChI is InChI=1S/C17H17N5O2/c1-3-24-16(23)14-10(2)20-17-21-12-6-4-5-7-13(12)22(17)15(14)11-8-18-19-9-11/h4-9,15H,3H2,1-2H3,(H,18,19)(H,20,21). The van der Waals surface area contributed by atoms with Gasteiger partial charge in [0, 0.05) is 17.5 Å². The van der Waals surface area contributed by atoms with Crippen LogP contribution in [0.4, 0.5) is 5.95 Å². The van der Waals surface area contributed by atoms with Gasteiger partial charge in [0.15, 0.2) is 0 Å². The summed E-state index contributed by atoms with van der Waals surface area (Å²) < 4.78 is 7.30. The van der Waals surface area contributed by atoms with Gasteiger partial charge in [-0.05, 0) is 26.0 Å². The average Bonchev–Trinajstić information content (AvgIpc) is 3.21. The van der Waals surface area contributed by atoms with Crippen molar-refractivity contribution in [3.05, 3.63) is 53.5 Å². The third-order valence-corrected chi connectivity index (χ3v) is 4.16. The molecule has 1 aliphatic rings. The summed E-state index contributed by atoms with van der Waals surface area (Å²) in [6.07, 6.45) is 3.52. The Morgan fingerprint density at radius 2 is 2.21 bits per heavy atom. The van der Waals surface area contributed by atoms with Gasteiger partial charge in [-0.1, -0.05) is 12.1 Å². The summed E-state index contributed by atoms with van der Waals surface area (Å²) >= 11 is 0. The lowest BCUT2D eigenvalue weighted by Gasteiger charge is -2.29. The van der Waals surface area contributed by atoms with E-state index >= 15 is 0 Å². The fourth-order valence-electron chi connectivity index (χ4n) is 3.16. The van der Waals surface area contributed by atoms with Gasteiger partial charge in [-0.25, -0.2) is 9.78 Å². The maximum atomic E-state index is 12.6. The molecule has 0 saturated carbocycles. The van der Waals surface area contributed by atoms with Crippen LogP contribution in [0.15, 0.2) is 47.9 Å². The minimum absolute atomic E-state index is 0.325. The molecule has 0 spiro atoms. The van der Waals surface area contributed by atoms with Crippen LogP contribution in [0.5, 0.6) is 0 Å². The van der Waals surface area contributed by atoms with Crippen molar-refractivity contribution in [1.29, 1.82) is 0 Å². The van der Waals surface area contributed by atoms with E-state index in [9.17, 15) is 4.79 Å². The van der Waals surface area contributed by atoms with Gasteiger partial charge in [-0.3, -0.25) is 9.67 Å². The van der Waals surface area contributed by atoms with Crippen LogP contribution < -0.4 is 5.32 Å². The first-order valence-electron chi connectivity index (χ1n) is 7.81. The van der Waals surface area contributed by atoms with E-state index in [4.69, 9.17) is 4.74 Å². The van der Waals surface area contributed by atoms with Crippen molar-refractivity contribution in [3.63, 3.8) is 0 Å². The van der Waals surface area contributed by atoms with Gasteiger partial charge in [0.2, 0.25) is 5.95 Å². The number of aromatic amines is 1. The molecule has 7 heteroatoms. The van der Waals surface area contributed by atoms with Gasteiger partial charge in [0.1, 0.15) is 0 Å². The Morgan fingerprint density at radius 1 is 1.38 bits per heavy atom. The Labute approximate surface area is 138 Å². The molecule has 2 aromatic heterocycles. The number of aromatic nitrogens is 4. The number of hydrogen-bond acceptors (Lipinski definition) is 5. The van der Waals surface area contributed by atoms with Crippen LogP contribution >= 0.6 is 0 Å². The lowest BCUT2D eigenvalue weighted by molar-refractivity contribution is -0.139. The van der Waals surface area contributed by atoms with Gasteiger partial charge in [-0.2, -0.15) is 5.10 Å². The predicted molar refractivity (Wildman–Crippen MR) is 89.4 cm³/mol. The Morgan fingerprint density at radius 3 is 2.96 bits per heavy atom. The van der Waals surface area contributed by atoms with Crippen molar-refractivity contribution in [1.82, 2.24) is 19.7 Å². The third kappa shape index (κ3) is 2.09. The number of H-pyrrole nitrogens is 1. The fourth-order valence-corrected chi connectivity index (χ4v) is 3.16. The molecule has 2 N–H and O–H groups in total. The van der Waals surface area contributed by atoms with E-state index in [-0.39, 0.29) is 12.0 Å². The monoisotopic (exact) mass is 323 g/mol. The number of anilines is 1. The SMILES string of the molecule is CCOC(=O)C1=C(C)Nc2nc3ccccc3n2C1c1cn[nH]c1. The van der Waals surface area contributed by atoms with Crippen LogP contribution in [-0.2, 0) is 9.53 Å². The molecule has 0 radical (unpaired) electrons. The van der Waals surface area contributed by atoms with Crippen LogP contribution in [0.1, 0.15) is 25.5 Å². The van der Waals surface area contributed by atoms with Gasteiger partial charge >= 0.3 is 5.97 Å². The summed E-state index contributed by atoms with van der Waals surface area (Å²) in [5.74, 6) is 0.366. The zero-order chi connectivity index (χ0) is 16.7. The van der Waals surface area contributed by atoms with Gasteiger partial charge in [-0.15, -0.1) is 0 Å². The lowest BCUT2D eigenvalue weighted by Crippen LogP contribution is -2.28. The first kappa shape index (κ1) is 14.5. The number of imidazole rings is 1. The Hall–Kier alpha value is -3.09. The number of rotatable bonds is 3. The summed E-state index contributed by atoms with van der Waals surface area (Å²) in [6, 6.07) is 7.50. The van der Waals surface area contributed by atoms with Crippen LogP contribution in [0.2, 0.25) is 0 Å². The number of allylic oxidation sites excluding steroid dienone is 1. The van der Waals surface area contributed by atoms with E-state index in [1.807, 2.05) is 35.8 Å². The van der Waals surface area contributed by atoms with E-state index < -0.39 is 0 Å². The zero-order valence-electron chi connectivity index (χ0n) is 13.4. The van der Waals surface area contributed by atoms with Gasteiger partial charge in [0.05, 0.1) is 35.5 Å². The first-order valence-corrected chi connectivity index (χ1v) is 7.81. The molecule has 7 nitrogen and oxygen atoms in total. The van der Waals surface area contributed by atoms with Crippen molar-refractivity contribution in [2.45, 2.75) is 19.9 Å². The molecule has 0 bridgehead atoms. The van der Waals surface area contributed by atoms with Crippen LogP contribution in [-0.4, -0.2) is 32.3 Å². The smallest absolute Gasteiger partial charge is 0.338 e. The number of nitrogens with one attached hydrogen (secondary N) is 2. The second-order valence-corrected chi connectivity index (χ2v) is 5.61. The molecule has 24 heavy (non-hydrogen) atoms. The minimum Gasteiger partial charge on any atom is -0.463 e. The number of nitrogens with zero attached hydrogens (tertiary/aromatic N) is 3. The second kappa shape index (κ2) is 5.52. The van der Waals surface area contributed by atoms with Crippen LogP contribution in [0, 0.1) is 0 Å². The number of ether oxygens (including phenoxy) is 1. The molecule has 122 valence electrons. The van der Waals surface area contributed by atoms with Crippen molar-refractivity contribution in [2.24, 2.45) is 0 Å². The summed E-state index contributed by atoms with van der Waals surface area (Å²) in [4.78, 5) is 17.2. The Bertz CT molecular complexity index is 939. The van der Waals surface area contributed by atoms with Crippen molar-refractivity contribution >= 4 is 23.0 Å². The molecule has 3 aromatic rings. The number of hydrogen-bond donors (Lipinski definition) is 2. The van der Waals surface area contributed by atoms with Gasteiger partial charge < -0.3 is 10.1 Å². The molecule has 0 fully saturated rings. The molecule has 4 rings (SSSR count). The third-order valence-electron chi connectivity index (χ3n) is 4.16. The van der Waals surface area contributed by atoms with E-state index in [0.717, 1.165) is 22.3 Å². The molecule has 0 amide bonds. The molecule has 0 aliphatic carbocycles. The molecular weight excluding hydrogens is 306 g/mol. The Kier molecular flexibility index (Phi) is 3.34. The molecule has 3 heterocycles. The highest BCUT2D eigenvalue weighted by molar-refractivity contribution is 5.94. The fraction of sp³-hybridized carbons (Fsp3) is 0.235. The number of carbonyl (C=O) groups excluding carboxylic acids is 1. The summed E-state index contributed by atoms with van der Waals surface area (Å²) in [6.45, 7) is 3.99. The maximum absolute atomic E-state index is 12.6. The molecule has 1 aromatic carbocycles. The second-order valence-electron chi connectivity index (χ2n) is 5.61. The average molecular weight is 323 g/mol. The van der Waals surface area contributed by atoms with E-state index in [0.29, 0.717) is 18.1 Å². The minimum atomic E-state index is -0.341. The lowest BCUT2D eigenvalue weighted by atomic mass is 9.97. The summed E-state index contributed by atoms with van der Waals surface area (Å²) in [5.41, 5.74) is 3.99. The van der Waals surface area contributed by atoms with E-state index in [1.54, 1.807) is 19.3 Å². The van der Waals surface area contributed by atoms with Crippen molar-refractivity contribution in [3.8, 4) is 0 Å². The van der Waals surface area contributed by atoms with Gasteiger partial charge in [0.25, 0.3) is 0 Å². The van der Waals surface area contributed by atoms with Crippen LogP contribution in [0.25, 0.3) is 11.0 Å². The largest absolute Gasteiger partial charge is 0.463 e. The first-order chi connectivity index (χ1) is 11.7. The molecular formula is C17H17N5O2. The predicted octanol–water partition coefficient (Wildman–Crippen LogP) is 2.61. The number of carbonyl (C=O) groups is 1. The van der Waals surface area contributed by atoms with Crippen molar-refractivity contribution in [2.75, 3.05) is 11.9 Å². The number of para-hydroxylation sites is 2.